The summed E-state index contributed by atoms with van der Waals surface area (Å²) in [5.74, 6) is -0.947. The van der Waals surface area contributed by atoms with Crippen LogP contribution in [0.4, 0.5) is 32.3 Å². The molecule has 0 atom stereocenters. The Morgan fingerprint density at radius 1 is 0.765 bits per heavy atom. The first-order valence-electron chi connectivity index (χ1n) is 16.1. The summed E-state index contributed by atoms with van der Waals surface area (Å²) in [6.07, 6.45) is 12.8. The monoisotopic (exact) mass is 741 g/mol. The van der Waals surface area contributed by atoms with Gasteiger partial charge in [0, 0.05) is 66.5 Å². The van der Waals surface area contributed by atoms with Crippen molar-refractivity contribution in [2.75, 3.05) is 54.2 Å². The van der Waals surface area contributed by atoms with Crippen molar-refractivity contribution < 1.29 is 40.1 Å². The van der Waals surface area contributed by atoms with Gasteiger partial charge in [-0.3, -0.25) is 9.11 Å². The lowest BCUT2D eigenvalue weighted by atomic mass is 9.81. The van der Waals surface area contributed by atoms with E-state index >= 15 is 0 Å². The zero-order chi connectivity index (χ0) is 37.8. The summed E-state index contributed by atoms with van der Waals surface area (Å²) in [4.78, 5) is 25.7. The fourth-order valence-corrected chi connectivity index (χ4v) is 7.10. The third-order valence-electron chi connectivity index (χ3n) is 8.85. The van der Waals surface area contributed by atoms with Crippen molar-refractivity contribution >= 4 is 60.8 Å². The Hall–Kier alpha value is -4.77. The van der Waals surface area contributed by atoms with Gasteiger partial charge in [-0.15, -0.1) is 0 Å². The number of hydrogen-bond donors (Lipinski definition) is 6. The van der Waals surface area contributed by atoms with E-state index in [1.54, 1.807) is 30.3 Å². The Kier molecular flexibility index (Phi) is 11.7. The highest BCUT2D eigenvalue weighted by Gasteiger charge is 2.45. The van der Waals surface area contributed by atoms with E-state index in [9.17, 15) is 35.5 Å². The van der Waals surface area contributed by atoms with Crippen LogP contribution in [0.15, 0.2) is 84.6 Å². The highest BCUT2D eigenvalue weighted by Crippen LogP contribution is 2.48. The van der Waals surface area contributed by atoms with Gasteiger partial charge in [-0.25, -0.2) is 9.59 Å². The van der Waals surface area contributed by atoms with E-state index in [-0.39, 0.29) is 25.2 Å². The van der Waals surface area contributed by atoms with E-state index < -0.39 is 42.6 Å². The average molecular weight is 742 g/mol. The molecule has 0 spiro atoms. The van der Waals surface area contributed by atoms with Crippen LogP contribution in [0, 0.1) is 0 Å². The molecule has 0 unspecified atom stereocenters. The molecule has 2 aliphatic heterocycles. The quantitative estimate of drug-likeness (QED) is 0.102. The molecule has 6 N–H and O–H groups in total. The van der Waals surface area contributed by atoms with Crippen LogP contribution in [0.5, 0.6) is 0 Å². The van der Waals surface area contributed by atoms with Gasteiger partial charge in [0.05, 0.1) is 11.2 Å². The van der Waals surface area contributed by atoms with Crippen LogP contribution in [0.1, 0.15) is 38.8 Å². The highest BCUT2D eigenvalue weighted by atomic mass is 32.2. The number of hydrogen-bond acceptors (Lipinski definition) is 7. The Labute approximate surface area is 299 Å². The molecular formula is C35H45N6O8S2+. The fraction of sp³-hybridized carbons (Fsp3) is 0.343. The predicted molar refractivity (Wildman–Crippen MR) is 201 cm³/mol. The number of nitrogens with zero attached hydrogens (tertiary/aromatic N) is 2. The van der Waals surface area contributed by atoms with E-state index in [1.165, 1.54) is 14.1 Å². The summed E-state index contributed by atoms with van der Waals surface area (Å²) in [5.41, 5.74) is 4.84. The maximum atomic E-state index is 11.9. The molecule has 16 heteroatoms. The molecule has 2 aromatic rings. The Morgan fingerprint density at radius 2 is 1.31 bits per heavy atom. The SMILES string of the molecule is CNC(=O)Nc1ccc2c(c1)C(C)(C)C(/C=C/C=C/C=C/C=C1/N(CCS(=O)(=O)O)c3ccc(NC(=O)NC)cc3C1(C)C)=[N+]2CCS(=O)(=O)O. The van der Waals surface area contributed by atoms with Crippen LogP contribution in [0.25, 0.3) is 0 Å². The number of allylic oxidation sites excluding steroid dienone is 8. The molecule has 0 aromatic heterocycles. The number of urea groups is 2. The third-order valence-corrected chi connectivity index (χ3v) is 10.2. The van der Waals surface area contributed by atoms with Crippen LogP contribution in [0.2, 0.25) is 0 Å². The van der Waals surface area contributed by atoms with E-state index in [0.29, 0.717) is 11.4 Å². The summed E-state index contributed by atoms with van der Waals surface area (Å²) in [5, 5.41) is 10.6. The molecule has 2 heterocycles. The van der Waals surface area contributed by atoms with Gasteiger partial charge in [-0.2, -0.15) is 21.4 Å². The van der Waals surface area contributed by atoms with Gasteiger partial charge in [-0.1, -0.05) is 44.2 Å². The predicted octanol–water partition coefficient (Wildman–Crippen LogP) is 4.69. The second kappa shape index (κ2) is 15.2. The first-order chi connectivity index (χ1) is 23.8. The lowest BCUT2D eigenvalue weighted by molar-refractivity contribution is -0.432. The van der Waals surface area contributed by atoms with Crippen LogP contribution in [0.3, 0.4) is 0 Å². The number of amides is 4. The van der Waals surface area contributed by atoms with E-state index in [4.69, 9.17) is 0 Å². The largest absolute Gasteiger partial charge is 0.343 e. The smallest absolute Gasteiger partial charge is 0.318 e. The van der Waals surface area contributed by atoms with Gasteiger partial charge in [0.1, 0.15) is 5.75 Å². The second-order valence-electron chi connectivity index (χ2n) is 13.1. The summed E-state index contributed by atoms with van der Waals surface area (Å²) in [7, 11) is -5.43. The van der Waals surface area contributed by atoms with Crippen molar-refractivity contribution in [1.29, 1.82) is 0 Å². The van der Waals surface area contributed by atoms with Gasteiger partial charge >= 0.3 is 12.1 Å². The van der Waals surface area contributed by atoms with Crippen molar-refractivity contribution in [3.8, 4) is 0 Å². The van der Waals surface area contributed by atoms with E-state index in [1.807, 2.05) is 85.8 Å². The lowest BCUT2D eigenvalue weighted by Crippen LogP contribution is -2.30. The molecule has 0 radical (unpaired) electrons. The molecule has 51 heavy (non-hydrogen) atoms. The molecule has 0 aliphatic carbocycles. The van der Waals surface area contributed by atoms with Crippen molar-refractivity contribution in [3.63, 3.8) is 0 Å². The molecule has 0 saturated carbocycles. The van der Waals surface area contributed by atoms with Crippen LogP contribution < -0.4 is 26.2 Å². The molecule has 274 valence electrons. The minimum absolute atomic E-state index is 0.0178. The van der Waals surface area contributed by atoms with E-state index in [2.05, 4.69) is 21.3 Å². The second-order valence-corrected chi connectivity index (χ2v) is 16.2. The first kappa shape index (κ1) is 39.0. The minimum atomic E-state index is -4.23. The molecule has 2 aliphatic rings. The molecule has 2 aromatic carbocycles. The van der Waals surface area contributed by atoms with Crippen LogP contribution in [-0.2, 0) is 31.1 Å². The molecule has 4 rings (SSSR count). The first-order valence-corrected chi connectivity index (χ1v) is 19.3. The Bertz CT molecular complexity index is 2080. The number of anilines is 3. The standard InChI is InChI=1S/C35H44N6O8S2/c1-34(2)26-22-24(38-32(42)36-5)14-16-28(26)40(18-20-50(44,45)46)30(34)12-10-8-7-9-11-13-31-35(3,4)27-23-25(39-33(43)37-6)15-17-29(27)41(31)19-21-51(47,48)49/h7-17,22-23H,18-21H2,1-6H3,(H5-,36,37,38,39,42,43,44,45,46,47,48,49)/p+1. The van der Waals surface area contributed by atoms with Crippen LogP contribution >= 0.6 is 0 Å². The Morgan fingerprint density at radius 3 is 1.90 bits per heavy atom. The summed E-state index contributed by atoms with van der Waals surface area (Å²) < 4.78 is 67.5. The van der Waals surface area contributed by atoms with Gasteiger partial charge in [0.15, 0.2) is 12.3 Å². The molecule has 0 fully saturated rings. The zero-order valence-corrected chi connectivity index (χ0v) is 31.0. The van der Waals surface area contributed by atoms with Crippen molar-refractivity contribution in [2.24, 2.45) is 0 Å². The average Bonchev–Trinajstić information content (AvgIpc) is 3.39. The number of nitrogens with one attached hydrogen (secondary N) is 4. The Balaban J connectivity index is 1.60. The molecule has 0 saturated heterocycles. The maximum Gasteiger partial charge on any atom is 0.318 e. The van der Waals surface area contributed by atoms with Crippen molar-refractivity contribution in [1.82, 2.24) is 10.6 Å². The van der Waals surface area contributed by atoms with Gasteiger partial charge in [-0.05, 0) is 55.8 Å². The minimum Gasteiger partial charge on any atom is -0.343 e. The number of carbonyl (C=O) groups excluding carboxylic acids is 2. The van der Waals surface area contributed by atoms with Crippen molar-refractivity contribution in [2.45, 2.75) is 38.5 Å². The highest BCUT2D eigenvalue weighted by molar-refractivity contribution is 7.86. The lowest BCUT2D eigenvalue weighted by Gasteiger charge is -2.26. The molecular weight excluding hydrogens is 697 g/mol. The van der Waals surface area contributed by atoms with Gasteiger partial charge in [0.25, 0.3) is 20.2 Å². The third kappa shape index (κ3) is 9.32. The normalized spacial score (nSPS) is 17.4. The topological polar surface area (TPSA) is 197 Å². The zero-order valence-electron chi connectivity index (χ0n) is 29.4. The van der Waals surface area contributed by atoms with Crippen molar-refractivity contribution in [3.05, 3.63) is 95.8 Å². The maximum absolute atomic E-state index is 11.9. The number of fused-ring (bicyclic) bond motifs is 2. The van der Waals surface area contributed by atoms with E-state index in [0.717, 1.165) is 33.9 Å². The summed E-state index contributed by atoms with van der Waals surface area (Å²) in [6.45, 7) is 8.00. The van der Waals surface area contributed by atoms with Gasteiger partial charge < -0.3 is 26.2 Å². The van der Waals surface area contributed by atoms with Crippen LogP contribution in [-0.4, -0.2) is 87.0 Å². The molecule has 0 bridgehead atoms. The molecule has 14 nitrogen and oxygen atoms in total. The number of rotatable bonds is 12. The van der Waals surface area contributed by atoms with Gasteiger partial charge in [0.2, 0.25) is 5.69 Å². The molecule has 4 amide bonds. The summed E-state index contributed by atoms with van der Waals surface area (Å²) >= 11 is 0. The number of carbonyl (C=O) groups is 2. The summed E-state index contributed by atoms with van der Waals surface area (Å²) in [6, 6.07) is 10.0. The fourth-order valence-electron chi connectivity index (χ4n) is 6.27. The number of benzene rings is 2.